The number of furan rings is 1. The van der Waals surface area contributed by atoms with E-state index in [1.165, 1.54) is 4.90 Å². The molecule has 0 radical (unpaired) electrons. The molecule has 2 amide bonds. The van der Waals surface area contributed by atoms with Crippen LogP contribution in [0.3, 0.4) is 0 Å². The number of fused-ring (bicyclic) bond motifs is 1. The van der Waals surface area contributed by atoms with Crippen molar-refractivity contribution in [2.24, 2.45) is 0 Å². The molecule has 1 N–H and O–H groups in total. The molecular weight excluding hydrogens is 380 g/mol. The molecule has 0 aliphatic carbocycles. The van der Waals surface area contributed by atoms with E-state index >= 15 is 0 Å². The van der Waals surface area contributed by atoms with Crippen molar-refractivity contribution < 1.29 is 18.7 Å². The maximum absolute atomic E-state index is 11.9. The fraction of sp³-hybridized carbons (Fsp3) is 0.0952. The first-order chi connectivity index (χ1) is 13.6. The van der Waals surface area contributed by atoms with Crippen molar-refractivity contribution in [1.29, 1.82) is 0 Å². The second-order valence-corrected chi connectivity index (χ2v) is 6.56. The molecule has 1 aromatic heterocycles. The van der Waals surface area contributed by atoms with Crippen LogP contribution in [0.1, 0.15) is 0 Å². The van der Waals surface area contributed by atoms with E-state index in [0.29, 0.717) is 34.5 Å². The van der Waals surface area contributed by atoms with Gasteiger partial charge in [0.25, 0.3) is 0 Å². The molecule has 2 aromatic carbocycles. The van der Waals surface area contributed by atoms with E-state index in [4.69, 9.17) is 25.5 Å². The lowest BCUT2D eigenvalue weighted by molar-refractivity contribution is 0.203. The van der Waals surface area contributed by atoms with Crippen LogP contribution in [0.25, 0.3) is 11.0 Å². The molecule has 28 heavy (non-hydrogen) atoms. The Bertz CT molecular complexity index is 1070. The molecular formula is C21H17ClN2O4. The van der Waals surface area contributed by atoms with Crippen LogP contribution < -0.4 is 14.8 Å². The van der Waals surface area contributed by atoms with Crippen LogP contribution in [0.4, 0.5) is 4.79 Å². The maximum Gasteiger partial charge on any atom is 0.325 e. The number of carbonyl (C=O) groups excluding carboxylic acids is 1. The number of urea groups is 1. The van der Waals surface area contributed by atoms with Crippen LogP contribution in [0.5, 0.6) is 17.2 Å². The van der Waals surface area contributed by atoms with Crippen molar-refractivity contribution in [2.45, 2.75) is 0 Å². The van der Waals surface area contributed by atoms with Crippen molar-refractivity contribution in [2.75, 3.05) is 13.2 Å². The standard InChI is InChI=1S/C21H17ClN2O4/c1-14-6-8-24(21(25)23-14)9-11-27-19-4-2-16(22)13-20(19)28-17-3-5-18-15(12-17)7-10-26-18/h2-8,10,12-13H,1,9,11H2,(H,23,25). The highest BCUT2D eigenvalue weighted by Crippen LogP contribution is 2.35. The highest BCUT2D eigenvalue weighted by molar-refractivity contribution is 6.30. The van der Waals surface area contributed by atoms with E-state index in [0.717, 1.165) is 11.0 Å². The molecule has 7 heteroatoms. The van der Waals surface area contributed by atoms with Gasteiger partial charge in [0.1, 0.15) is 17.9 Å². The fourth-order valence-electron chi connectivity index (χ4n) is 2.74. The van der Waals surface area contributed by atoms with Gasteiger partial charge in [-0.1, -0.05) is 18.2 Å². The largest absolute Gasteiger partial charge is 0.488 e. The summed E-state index contributed by atoms with van der Waals surface area (Å²) in [4.78, 5) is 13.4. The number of nitrogens with one attached hydrogen (secondary N) is 1. The van der Waals surface area contributed by atoms with Crippen LogP contribution in [0.15, 0.2) is 77.7 Å². The normalized spacial score (nSPS) is 13.7. The average molecular weight is 397 g/mol. The fourth-order valence-corrected chi connectivity index (χ4v) is 2.91. The van der Waals surface area contributed by atoms with E-state index in [-0.39, 0.29) is 12.6 Å². The summed E-state index contributed by atoms with van der Waals surface area (Å²) in [5, 5.41) is 4.11. The van der Waals surface area contributed by atoms with Gasteiger partial charge in [0.15, 0.2) is 11.5 Å². The first-order valence-corrected chi connectivity index (χ1v) is 8.98. The SMILES string of the molecule is C=C1C=CN(CCOc2ccc(Cl)cc2Oc2ccc3occc3c2)C(=O)N1. The van der Waals surface area contributed by atoms with Gasteiger partial charge in [-0.3, -0.25) is 4.90 Å². The van der Waals surface area contributed by atoms with Gasteiger partial charge in [-0.05, 0) is 42.5 Å². The van der Waals surface area contributed by atoms with Crippen LogP contribution in [-0.2, 0) is 0 Å². The van der Waals surface area contributed by atoms with Gasteiger partial charge in [-0.15, -0.1) is 0 Å². The summed E-state index contributed by atoms with van der Waals surface area (Å²) >= 11 is 6.12. The molecule has 0 spiro atoms. The molecule has 142 valence electrons. The molecule has 1 aliphatic heterocycles. The number of halogens is 1. The minimum Gasteiger partial charge on any atom is -0.488 e. The number of amides is 2. The molecule has 0 unspecified atom stereocenters. The second kappa shape index (κ2) is 7.70. The van der Waals surface area contributed by atoms with Crippen LogP contribution >= 0.6 is 11.6 Å². The third-order valence-corrected chi connectivity index (χ3v) is 4.37. The van der Waals surface area contributed by atoms with Gasteiger partial charge in [0.05, 0.1) is 12.8 Å². The Morgan fingerprint density at radius 1 is 1.14 bits per heavy atom. The molecule has 6 nitrogen and oxygen atoms in total. The van der Waals surface area contributed by atoms with E-state index in [9.17, 15) is 4.79 Å². The third-order valence-electron chi connectivity index (χ3n) is 4.13. The zero-order chi connectivity index (χ0) is 19.5. The van der Waals surface area contributed by atoms with E-state index in [2.05, 4.69) is 11.9 Å². The lowest BCUT2D eigenvalue weighted by Gasteiger charge is -2.23. The summed E-state index contributed by atoms with van der Waals surface area (Å²) in [6.45, 7) is 4.34. The Balaban J connectivity index is 1.46. The predicted molar refractivity (Wildman–Crippen MR) is 107 cm³/mol. The first-order valence-electron chi connectivity index (χ1n) is 8.61. The zero-order valence-electron chi connectivity index (χ0n) is 14.9. The molecule has 0 saturated carbocycles. The monoisotopic (exact) mass is 396 g/mol. The van der Waals surface area contributed by atoms with Gasteiger partial charge < -0.3 is 19.2 Å². The molecule has 2 heterocycles. The number of benzene rings is 2. The van der Waals surface area contributed by atoms with Gasteiger partial charge in [-0.2, -0.15) is 0 Å². The van der Waals surface area contributed by atoms with Crippen LogP contribution in [0, 0.1) is 0 Å². The quantitative estimate of drug-likeness (QED) is 0.613. The zero-order valence-corrected chi connectivity index (χ0v) is 15.6. The summed E-state index contributed by atoms with van der Waals surface area (Å²) in [7, 11) is 0. The van der Waals surface area contributed by atoms with E-state index in [1.807, 2.05) is 24.3 Å². The van der Waals surface area contributed by atoms with Gasteiger partial charge in [-0.25, -0.2) is 4.79 Å². The summed E-state index contributed by atoms with van der Waals surface area (Å²) in [5.41, 5.74) is 1.34. The highest BCUT2D eigenvalue weighted by Gasteiger charge is 2.15. The van der Waals surface area contributed by atoms with Crippen molar-refractivity contribution in [1.82, 2.24) is 10.2 Å². The number of hydrogen-bond acceptors (Lipinski definition) is 4. The summed E-state index contributed by atoms with van der Waals surface area (Å²) in [6, 6.07) is 12.3. The lowest BCUT2D eigenvalue weighted by Crippen LogP contribution is -2.40. The van der Waals surface area contributed by atoms with Crippen LogP contribution in [0.2, 0.25) is 5.02 Å². The number of hydrogen-bond donors (Lipinski definition) is 1. The van der Waals surface area contributed by atoms with Crippen LogP contribution in [-0.4, -0.2) is 24.1 Å². The number of ether oxygens (including phenoxy) is 2. The Labute approximate surface area is 166 Å². The molecule has 0 fully saturated rings. The van der Waals surface area contributed by atoms with Gasteiger partial charge in [0.2, 0.25) is 0 Å². The summed E-state index contributed by atoms with van der Waals surface area (Å²) < 4.78 is 17.2. The second-order valence-electron chi connectivity index (χ2n) is 6.13. The minimum atomic E-state index is -0.239. The van der Waals surface area contributed by atoms with Crippen molar-refractivity contribution in [3.63, 3.8) is 0 Å². The highest BCUT2D eigenvalue weighted by atomic mass is 35.5. The van der Waals surface area contributed by atoms with E-state index in [1.54, 1.807) is 36.7 Å². The number of rotatable bonds is 6. The maximum atomic E-state index is 11.9. The Kier molecular flexibility index (Phi) is 4.95. The first kappa shape index (κ1) is 18.0. The Hall–Kier alpha value is -3.38. The average Bonchev–Trinajstić information content (AvgIpc) is 3.13. The molecule has 0 atom stereocenters. The smallest absolute Gasteiger partial charge is 0.325 e. The molecule has 4 rings (SSSR count). The third kappa shape index (κ3) is 3.97. The molecule has 1 aliphatic rings. The minimum absolute atomic E-state index is 0.239. The number of allylic oxidation sites excluding steroid dienone is 1. The topological polar surface area (TPSA) is 63.9 Å². The van der Waals surface area contributed by atoms with Gasteiger partial charge in [0, 0.05) is 28.4 Å². The number of nitrogens with zero attached hydrogens (tertiary/aromatic N) is 1. The van der Waals surface area contributed by atoms with Crippen molar-refractivity contribution in [3.8, 4) is 17.2 Å². The van der Waals surface area contributed by atoms with Crippen molar-refractivity contribution in [3.05, 3.63) is 78.3 Å². The summed E-state index contributed by atoms with van der Waals surface area (Å²) in [5.74, 6) is 1.66. The Morgan fingerprint density at radius 2 is 2.04 bits per heavy atom. The molecule has 3 aromatic rings. The molecule has 0 saturated heterocycles. The molecule has 0 bridgehead atoms. The van der Waals surface area contributed by atoms with Gasteiger partial charge >= 0.3 is 6.03 Å². The number of carbonyl (C=O) groups is 1. The van der Waals surface area contributed by atoms with E-state index < -0.39 is 0 Å². The summed E-state index contributed by atoms with van der Waals surface area (Å²) in [6.07, 6.45) is 5.02. The predicted octanol–water partition coefficient (Wildman–Crippen LogP) is 5.31. The van der Waals surface area contributed by atoms with Crippen molar-refractivity contribution >= 4 is 28.6 Å². The lowest BCUT2D eigenvalue weighted by atomic mass is 10.2. The Morgan fingerprint density at radius 3 is 2.89 bits per heavy atom.